The number of nitrogen functional groups attached to an aromatic ring is 1. The number of aromatic nitrogens is 4. The number of carboxylic acid groups (broad SMARTS) is 1. The van der Waals surface area contributed by atoms with E-state index in [-0.39, 0.29) is 11.0 Å². The third-order valence-electron chi connectivity index (χ3n) is 2.42. The summed E-state index contributed by atoms with van der Waals surface area (Å²) < 4.78 is 0. The lowest BCUT2D eigenvalue weighted by Gasteiger charge is -2.07. The van der Waals surface area contributed by atoms with Crippen molar-refractivity contribution in [1.82, 2.24) is 15.0 Å². The molecule has 2 aromatic heterocycles. The van der Waals surface area contributed by atoms with Crippen molar-refractivity contribution in [2.24, 2.45) is 0 Å². The largest absolute Gasteiger partial charge is 0.872 e. The van der Waals surface area contributed by atoms with Crippen molar-refractivity contribution < 1.29 is 25.5 Å². The summed E-state index contributed by atoms with van der Waals surface area (Å²) in [5.41, 5.74) is 6.80. The number of nitrogens with zero attached hydrogens (tertiary/aromatic N) is 2. The van der Waals surface area contributed by atoms with Crippen LogP contribution in [0.3, 0.4) is 0 Å². The summed E-state index contributed by atoms with van der Waals surface area (Å²) in [6.45, 7) is 0. The highest BCUT2D eigenvalue weighted by molar-refractivity contribution is 5.90. The van der Waals surface area contributed by atoms with Crippen LogP contribution in [0.5, 0.6) is 5.75 Å². The molecular formula is C12H13N5O4. The van der Waals surface area contributed by atoms with Crippen LogP contribution in [0.2, 0.25) is 0 Å². The number of rotatable bonds is 1. The van der Waals surface area contributed by atoms with Gasteiger partial charge in [-0.1, -0.05) is 33.9 Å². The fourth-order valence-electron chi connectivity index (χ4n) is 1.47. The van der Waals surface area contributed by atoms with E-state index in [1.165, 1.54) is 30.6 Å². The number of imidazole rings is 1. The lowest BCUT2D eigenvalue weighted by atomic mass is 10.2. The Kier molecular flexibility index (Phi) is 5.15. The molecule has 7 N–H and O–H groups in total. The minimum Gasteiger partial charge on any atom is -0.872 e. The maximum absolute atomic E-state index is 10.7. The third kappa shape index (κ3) is 3.64. The summed E-state index contributed by atoms with van der Waals surface area (Å²) in [5.74, 6) is -1.16. The molecule has 0 aliphatic heterocycles. The van der Waals surface area contributed by atoms with E-state index >= 15 is 0 Å². The normalized spacial score (nSPS) is 9.33. The van der Waals surface area contributed by atoms with Crippen LogP contribution in [-0.2, 0) is 0 Å². The standard InChI is InChI=1S/C7H6O3.C5H5N5.H2O/c8-6-4-2-1-3-5(6)7(9)10;6-4-3-5(9-1-7-3)10-2-8-4;/h1-4,8H,(H,9,10);1-2H,(H3,6,7,8,9,10);1H2. The Labute approximate surface area is 118 Å². The molecule has 0 spiro atoms. The summed E-state index contributed by atoms with van der Waals surface area (Å²) in [4.78, 5) is 23.7. The number of hydrogen-bond donors (Lipinski definition) is 3. The van der Waals surface area contributed by atoms with Crippen molar-refractivity contribution in [3.63, 3.8) is 0 Å². The van der Waals surface area contributed by atoms with Crippen molar-refractivity contribution in [2.45, 2.75) is 0 Å². The Morgan fingerprint density at radius 2 is 2.05 bits per heavy atom. The molecule has 1 aromatic carbocycles. The maximum Gasteiger partial charge on any atom is 0.335 e. The maximum atomic E-state index is 10.7. The van der Waals surface area contributed by atoms with Crippen molar-refractivity contribution in [3.05, 3.63) is 42.5 Å². The highest BCUT2D eigenvalue weighted by atomic mass is 16.4. The SMILES string of the molecule is Nc1nc[nH+]c2nc[nH]c12.O.O=C(O)c1ccccc1[O-]. The van der Waals surface area contributed by atoms with E-state index in [0.29, 0.717) is 5.82 Å². The molecule has 3 rings (SSSR count). The number of fused-ring (bicyclic) bond motifs is 1. The first-order valence-electron chi connectivity index (χ1n) is 5.54. The fourth-order valence-corrected chi connectivity index (χ4v) is 1.47. The monoisotopic (exact) mass is 291 g/mol. The van der Waals surface area contributed by atoms with E-state index in [1.807, 2.05) is 0 Å². The highest BCUT2D eigenvalue weighted by Gasteiger charge is 2.06. The van der Waals surface area contributed by atoms with Crippen LogP contribution in [0, 0.1) is 0 Å². The number of hydrogen-bond acceptors (Lipinski definition) is 5. The Hall–Kier alpha value is -3.20. The van der Waals surface area contributed by atoms with Gasteiger partial charge in [-0.05, 0) is 6.07 Å². The Bertz CT molecular complexity index is 743. The third-order valence-corrected chi connectivity index (χ3v) is 2.42. The van der Waals surface area contributed by atoms with Crippen molar-refractivity contribution in [2.75, 3.05) is 5.73 Å². The molecule has 9 nitrogen and oxygen atoms in total. The van der Waals surface area contributed by atoms with Crippen molar-refractivity contribution >= 4 is 23.0 Å². The molecule has 0 amide bonds. The first kappa shape index (κ1) is 15.9. The zero-order valence-electron chi connectivity index (χ0n) is 10.7. The number of carboxylic acids is 1. The van der Waals surface area contributed by atoms with Gasteiger partial charge in [-0.3, -0.25) is 0 Å². The molecule has 0 saturated heterocycles. The second-order valence-electron chi connectivity index (χ2n) is 3.72. The highest BCUT2D eigenvalue weighted by Crippen LogP contribution is 2.10. The van der Waals surface area contributed by atoms with E-state index in [4.69, 9.17) is 10.8 Å². The second-order valence-corrected chi connectivity index (χ2v) is 3.72. The van der Waals surface area contributed by atoms with Gasteiger partial charge in [0.1, 0.15) is 0 Å². The van der Waals surface area contributed by atoms with E-state index in [2.05, 4.69) is 19.9 Å². The fraction of sp³-hybridized carbons (Fsp3) is 0. The van der Waals surface area contributed by atoms with Crippen molar-refractivity contribution in [3.8, 4) is 5.75 Å². The van der Waals surface area contributed by atoms with Gasteiger partial charge in [-0.25, -0.2) is 9.78 Å². The average molecular weight is 291 g/mol. The zero-order chi connectivity index (χ0) is 14.5. The van der Waals surface area contributed by atoms with Gasteiger partial charge in [-0.15, -0.1) is 0 Å². The molecule has 0 unspecified atom stereocenters. The molecular weight excluding hydrogens is 278 g/mol. The van der Waals surface area contributed by atoms with Gasteiger partial charge in [0.25, 0.3) is 5.65 Å². The molecule has 9 heteroatoms. The number of nitrogens with one attached hydrogen (secondary N) is 2. The summed E-state index contributed by atoms with van der Waals surface area (Å²) in [7, 11) is 0. The first-order valence-corrected chi connectivity index (χ1v) is 5.54. The van der Waals surface area contributed by atoms with Crippen LogP contribution in [0.4, 0.5) is 5.82 Å². The quantitative estimate of drug-likeness (QED) is 0.517. The van der Waals surface area contributed by atoms with Crippen molar-refractivity contribution in [1.29, 1.82) is 0 Å². The Morgan fingerprint density at radius 3 is 2.62 bits per heavy atom. The average Bonchev–Trinajstić information content (AvgIpc) is 2.89. The van der Waals surface area contributed by atoms with Crippen LogP contribution in [0.25, 0.3) is 11.2 Å². The smallest absolute Gasteiger partial charge is 0.335 e. The predicted molar refractivity (Wildman–Crippen MR) is 71.3 cm³/mol. The van der Waals surface area contributed by atoms with E-state index in [0.717, 1.165) is 11.2 Å². The minimum absolute atomic E-state index is 0. The van der Waals surface area contributed by atoms with Gasteiger partial charge in [0, 0.05) is 0 Å². The summed E-state index contributed by atoms with van der Waals surface area (Å²) in [6, 6.07) is 5.54. The van der Waals surface area contributed by atoms with Gasteiger partial charge in [0.15, 0.2) is 11.8 Å². The molecule has 2 heterocycles. The number of nitrogens with two attached hydrogens (primary N) is 1. The second kappa shape index (κ2) is 6.82. The molecule has 0 atom stereocenters. The minimum atomic E-state index is -1.18. The van der Waals surface area contributed by atoms with Crippen LogP contribution in [0.1, 0.15) is 10.4 Å². The Morgan fingerprint density at radius 1 is 1.33 bits per heavy atom. The number of aromatic carboxylic acids is 1. The molecule has 0 fully saturated rings. The molecule has 21 heavy (non-hydrogen) atoms. The van der Waals surface area contributed by atoms with E-state index in [1.54, 1.807) is 6.33 Å². The van der Waals surface area contributed by atoms with Gasteiger partial charge >= 0.3 is 5.97 Å². The van der Waals surface area contributed by atoms with E-state index in [9.17, 15) is 9.90 Å². The molecule has 0 aliphatic carbocycles. The van der Waals surface area contributed by atoms with Gasteiger partial charge in [0.2, 0.25) is 12.1 Å². The van der Waals surface area contributed by atoms with Crippen LogP contribution in [0.15, 0.2) is 36.9 Å². The van der Waals surface area contributed by atoms with Gasteiger partial charge < -0.3 is 26.4 Å². The predicted octanol–water partition coefficient (Wildman–Crippen LogP) is -1.01. The number of H-pyrrole nitrogens is 2. The summed E-state index contributed by atoms with van der Waals surface area (Å²) >= 11 is 0. The lowest BCUT2D eigenvalue weighted by molar-refractivity contribution is -0.352. The number of anilines is 1. The van der Waals surface area contributed by atoms with Gasteiger partial charge in [0.05, 0.1) is 5.56 Å². The number of benzene rings is 1. The first-order chi connectivity index (χ1) is 9.59. The van der Waals surface area contributed by atoms with E-state index < -0.39 is 11.7 Å². The number of para-hydroxylation sites is 1. The lowest BCUT2D eigenvalue weighted by Crippen LogP contribution is -2.06. The molecule has 0 radical (unpaired) electrons. The molecule has 110 valence electrons. The molecule has 0 saturated carbocycles. The molecule has 0 bridgehead atoms. The number of aromatic amines is 2. The molecule has 0 aliphatic rings. The summed E-state index contributed by atoms with van der Waals surface area (Å²) in [6.07, 6.45) is 3.08. The van der Waals surface area contributed by atoms with Crippen LogP contribution < -0.4 is 15.8 Å². The topological polar surface area (TPSA) is 174 Å². The van der Waals surface area contributed by atoms with Gasteiger partial charge in [-0.2, -0.15) is 0 Å². The number of carbonyl (C=O) groups is 1. The summed E-state index contributed by atoms with van der Waals surface area (Å²) in [5, 5.41) is 19.0. The van der Waals surface area contributed by atoms with Crippen LogP contribution >= 0.6 is 0 Å². The Balaban J connectivity index is 0.000000200. The molecule has 3 aromatic rings. The zero-order valence-corrected chi connectivity index (χ0v) is 10.7. The van der Waals surface area contributed by atoms with Crippen LogP contribution in [-0.4, -0.2) is 31.5 Å².